The molecule has 1 aromatic heterocycles. The predicted octanol–water partition coefficient (Wildman–Crippen LogP) is 3.60. The number of carbonyl (C=O) groups is 2. The minimum atomic E-state index is -0.600. The summed E-state index contributed by atoms with van der Waals surface area (Å²) in [5, 5.41) is 9.17. The van der Waals surface area contributed by atoms with Crippen molar-refractivity contribution in [3.63, 3.8) is 0 Å². The van der Waals surface area contributed by atoms with Crippen molar-refractivity contribution in [3.8, 4) is 17.3 Å². The van der Waals surface area contributed by atoms with Crippen LogP contribution in [0.5, 0.6) is 0 Å². The van der Waals surface area contributed by atoms with Crippen LogP contribution in [0, 0.1) is 11.3 Å². The maximum atomic E-state index is 13.3. The van der Waals surface area contributed by atoms with Crippen LogP contribution < -0.4 is 0 Å². The van der Waals surface area contributed by atoms with Crippen LogP contribution in [0.15, 0.2) is 36.5 Å². The molecule has 33 heavy (non-hydrogen) atoms. The fraction of sp³-hybridized carbons (Fsp3) is 0.440. The van der Waals surface area contributed by atoms with E-state index in [1.165, 1.54) is 0 Å². The number of nitrogens with zero attached hydrogens (tertiary/aromatic N) is 4. The smallest absolute Gasteiger partial charge is 0.410 e. The molecule has 0 bridgehead atoms. The van der Waals surface area contributed by atoms with Crippen molar-refractivity contribution >= 4 is 12.0 Å². The van der Waals surface area contributed by atoms with Crippen LogP contribution in [0.4, 0.5) is 4.79 Å². The molecule has 1 aromatic carbocycles. The molecule has 4 rings (SSSR count). The van der Waals surface area contributed by atoms with Gasteiger partial charge in [-0.15, -0.1) is 0 Å². The van der Waals surface area contributed by atoms with Crippen molar-refractivity contribution in [2.45, 2.75) is 51.4 Å². The minimum Gasteiger partial charge on any atom is -0.444 e. The number of methoxy groups -OCH3 is 1. The number of fused-ring (bicyclic) bond motifs is 1. The normalized spacial score (nSPS) is 20.0. The molecule has 8 nitrogen and oxygen atoms in total. The lowest BCUT2D eigenvalue weighted by Crippen LogP contribution is -2.43. The van der Waals surface area contributed by atoms with E-state index in [1.807, 2.05) is 31.7 Å². The second kappa shape index (κ2) is 8.83. The first kappa shape index (κ1) is 22.7. The molecule has 0 aliphatic carbocycles. The first-order valence-electron chi connectivity index (χ1n) is 11.0. The lowest BCUT2D eigenvalue weighted by molar-refractivity contribution is 0.0140. The lowest BCUT2D eigenvalue weighted by Gasteiger charge is -2.28. The third-order valence-corrected chi connectivity index (χ3v) is 5.93. The summed E-state index contributed by atoms with van der Waals surface area (Å²) in [6.07, 6.45) is 1.96. The van der Waals surface area contributed by atoms with Crippen LogP contribution in [0.25, 0.3) is 11.3 Å². The van der Waals surface area contributed by atoms with Gasteiger partial charge in [-0.05, 0) is 45.4 Å². The summed E-state index contributed by atoms with van der Waals surface area (Å²) in [5.74, 6) is -0.0720. The van der Waals surface area contributed by atoms with Crippen molar-refractivity contribution < 1.29 is 19.1 Å². The van der Waals surface area contributed by atoms with Gasteiger partial charge in [-0.2, -0.15) is 5.26 Å². The molecule has 2 aliphatic heterocycles. The highest BCUT2D eigenvalue weighted by molar-refractivity contribution is 5.99. The van der Waals surface area contributed by atoms with Gasteiger partial charge in [0.1, 0.15) is 5.60 Å². The Balaban J connectivity index is 1.54. The maximum Gasteiger partial charge on any atom is 0.410 e. The van der Waals surface area contributed by atoms with Gasteiger partial charge < -0.3 is 19.3 Å². The van der Waals surface area contributed by atoms with Gasteiger partial charge in [0.05, 0.1) is 36.0 Å². The Kier molecular flexibility index (Phi) is 6.09. The van der Waals surface area contributed by atoms with Crippen molar-refractivity contribution in [1.82, 2.24) is 14.8 Å². The number of nitriles is 1. The van der Waals surface area contributed by atoms with Crippen LogP contribution in [0.1, 0.15) is 48.7 Å². The third-order valence-electron chi connectivity index (χ3n) is 5.93. The molecule has 2 aliphatic rings. The summed E-state index contributed by atoms with van der Waals surface area (Å²) in [6, 6.07) is 10.8. The van der Waals surface area contributed by atoms with Crippen LogP contribution in [-0.2, 0) is 16.0 Å². The monoisotopic (exact) mass is 448 g/mol. The zero-order valence-corrected chi connectivity index (χ0v) is 19.4. The number of benzene rings is 1. The number of pyridine rings is 1. The van der Waals surface area contributed by atoms with E-state index in [4.69, 9.17) is 14.7 Å². The largest absolute Gasteiger partial charge is 0.444 e. The van der Waals surface area contributed by atoms with E-state index in [0.717, 1.165) is 11.1 Å². The molecular weight excluding hydrogens is 420 g/mol. The van der Waals surface area contributed by atoms with Crippen molar-refractivity contribution in [2.75, 3.05) is 20.3 Å². The Morgan fingerprint density at radius 2 is 2.09 bits per heavy atom. The number of ether oxygens (including phenoxy) is 2. The number of amides is 2. The molecule has 2 amide bonds. The minimum absolute atomic E-state index is 0.0720. The fourth-order valence-electron chi connectivity index (χ4n) is 4.43. The van der Waals surface area contributed by atoms with E-state index in [-0.39, 0.29) is 18.0 Å². The summed E-state index contributed by atoms with van der Waals surface area (Å²) in [6.45, 7) is 6.73. The van der Waals surface area contributed by atoms with Gasteiger partial charge in [-0.25, -0.2) is 4.79 Å². The van der Waals surface area contributed by atoms with Crippen LogP contribution >= 0.6 is 0 Å². The van der Waals surface area contributed by atoms with Gasteiger partial charge in [0, 0.05) is 43.1 Å². The van der Waals surface area contributed by atoms with E-state index in [1.54, 1.807) is 42.5 Å². The number of hydrogen-bond donors (Lipinski definition) is 0. The molecule has 0 spiro atoms. The van der Waals surface area contributed by atoms with E-state index >= 15 is 0 Å². The lowest BCUT2D eigenvalue weighted by atomic mass is 10.0. The summed E-state index contributed by atoms with van der Waals surface area (Å²) < 4.78 is 10.9. The fourth-order valence-corrected chi connectivity index (χ4v) is 4.43. The summed E-state index contributed by atoms with van der Waals surface area (Å²) in [4.78, 5) is 34.1. The molecule has 0 saturated carbocycles. The third kappa shape index (κ3) is 4.69. The van der Waals surface area contributed by atoms with E-state index < -0.39 is 11.7 Å². The Morgan fingerprint density at radius 1 is 1.30 bits per heavy atom. The number of rotatable bonds is 4. The van der Waals surface area contributed by atoms with Crippen molar-refractivity contribution in [1.29, 1.82) is 5.26 Å². The van der Waals surface area contributed by atoms with Gasteiger partial charge >= 0.3 is 6.09 Å². The summed E-state index contributed by atoms with van der Waals surface area (Å²) in [7, 11) is 1.60. The molecule has 3 heterocycles. The maximum absolute atomic E-state index is 13.3. The quantitative estimate of drug-likeness (QED) is 0.709. The second-order valence-electron chi connectivity index (χ2n) is 9.48. The highest BCUT2D eigenvalue weighted by Crippen LogP contribution is 2.33. The van der Waals surface area contributed by atoms with Crippen LogP contribution in [0.2, 0.25) is 0 Å². The first-order valence-corrected chi connectivity index (χ1v) is 11.0. The molecule has 2 aromatic rings. The van der Waals surface area contributed by atoms with Crippen LogP contribution in [0.3, 0.4) is 0 Å². The topological polar surface area (TPSA) is 95.8 Å². The van der Waals surface area contributed by atoms with Crippen molar-refractivity contribution in [3.05, 3.63) is 53.2 Å². The molecule has 0 N–H and O–H groups in total. The average Bonchev–Trinajstić information content (AvgIpc) is 3.34. The molecule has 1 fully saturated rings. The van der Waals surface area contributed by atoms with Gasteiger partial charge in [-0.3, -0.25) is 9.78 Å². The van der Waals surface area contributed by atoms with E-state index in [9.17, 15) is 9.59 Å². The van der Waals surface area contributed by atoms with E-state index in [2.05, 4.69) is 11.1 Å². The van der Waals surface area contributed by atoms with Gasteiger partial charge in [0.15, 0.2) is 0 Å². The average molecular weight is 449 g/mol. The molecular formula is C25H28N4O4. The predicted molar refractivity (Wildman–Crippen MR) is 121 cm³/mol. The molecule has 2 atom stereocenters. The van der Waals surface area contributed by atoms with E-state index in [0.29, 0.717) is 42.9 Å². The van der Waals surface area contributed by atoms with Crippen LogP contribution in [-0.4, -0.2) is 64.7 Å². The Hall–Kier alpha value is -3.44. The van der Waals surface area contributed by atoms with Crippen molar-refractivity contribution in [2.24, 2.45) is 0 Å². The molecule has 0 radical (unpaired) electrons. The number of likely N-dealkylation sites (tertiary alicyclic amines) is 1. The summed E-state index contributed by atoms with van der Waals surface area (Å²) in [5.41, 5.74) is 2.86. The zero-order valence-electron chi connectivity index (χ0n) is 19.4. The zero-order chi connectivity index (χ0) is 23.8. The van der Waals surface area contributed by atoms with Gasteiger partial charge in [0.25, 0.3) is 5.91 Å². The SMILES string of the molecule is COC[C@@H]1C[C@@H](N2Cc3cnc(-c4cccc(C#N)c4)cc3C2=O)CN1C(=O)OC(C)(C)C. The summed E-state index contributed by atoms with van der Waals surface area (Å²) >= 11 is 0. The molecule has 8 heteroatoms. The van der Waals surface area contributed by atoms with Gasteiger partial charge in [0.2, 0.25) is 0 Å². The first-order chi connectivity index (χ1) is 15.7. The molecule has 0 unspecified atom stereocenters. The Bertz CT molecular complexity index is 1120. The number of carbonyl (C=O) groups excluding carboxylic acids is 2. The Labute approximate surface area is 193 Å². The van der Waals surface area contributed by atoms with Gasteiger partial charge in [-0.1, -0.05) is 12.1 Å². The Morgan fingerprint density at radius 3 is 2.79 bits per heavy atom. The standard InChI is InChI=1S/C25H28N4O4/c1-25(2,3)33-24(31)29-14-19(9-20(29)15-32-4)28-13-18-12-27-22(10-21(18)23(28)30)17-7-5-6-16(8-17)11-26/h5-8,10,12,19-20H,9,13-15H2,1-4H3/t19-,20+/m1/s1. The molecule has 172 valence electrons. The number of aromatic nitrogens is 1. The second-order valence-corrected chi connectivity index (χ2v) is 9.48. The molecule has 1 saturated heterocycles. The highest BCUT2D eigenvalue weighted by atomic mass is 16.6. The highest BCUT2D eigenvalue weighted by Gasteiger charge is 2.43. The number of hydrogen-bond acceptors (Lipinski definition) is 6.